The van der Waals surface area contributed by atoms with Gasteiger partial charge in [-0.05, 0) is 12.0 Å². The highest BCUT2D eigenvalue weighted by Gasteiger charge is 2.05. The first-order chi connectivity index (χ1) is 12.3. The molecule has 1 aromatic heterocycles. The molecule has 0 fully saturated rings. The zero-order chi connectivity index (χ0) is 17.3. The van der Waals surface area contributed by atoms with Gasteiger partial charge in [0.2, 0.25) is 0 Å². The van der Waals surface area contributed by atoms with Crippen molar-refractivity contribution in [1.82, 2.24) is 15.6 Å². The summed E-state index contributed by atoms with van der Waals surface area (Å²) in [5, 5.41) is 9.80. The van der Waals surface area contributed by atoms with E-state index in [0.29, 0.717) is 6.54 Å². The molecule has 0 bridgehead atoms. The normalized spacial score (nSPS) is 10.9. The predicted molar refractivity (Wildman–Crippen MR) is 121 cm³/mol. The molecule has 0 spiro atoms. The van der Waals surface area contributed by atoms with Crippen LogP contribution in [0.4, 0.5) is 0 Å². The standard InChI is InChI=1S/C20H22N4S.HI/c1-21-20(22-13-12-16-8-4-2-5-9-16)23-14-18-15-25-19(24-18)17-10-6-3-7-11-17;/h2-11,15H,12-14H2,1H3,(H2,21,22,23);1H. The summed E-state index contributed by atoms with van der Waals surface area (Å²) < 4.78 is 0. The van der Waals surface area contributed by atoms with Gasteiger partial charge in [0, 0.05) is 24.5 Å². The highest BCUT2D eigenvalue weighted by atomic mass is 127. The van der Waals surface area contributed by atoms with Gasteiger partial charge < -0.3 is 10.6 Å². The second-order valence-electron chi connectivity index (χ2n) is 5.60. The average Bonchev–Trinajstić information content (AvgIpc) is 3.15. The number of halogens is 1. The monoisotopic (exact) mass is 478 g/mol. The van der Waals surface area contributed by atoms with Gasteiger partial charge in [-0.2, -0.15) is 0 Å². The van der Waals surface area contributed by atoms with Gasteiger partial charge in [0.1, 0.15) is 5.01 Å². The number of aliphatic imine (C=N–C) groups is 1. The van der Waals surface area contributed by atoms with Crippen LogP contribution in [0.25, 0.3) is 10.6 Å². The Bertz CT molecular complexity index is 803. The molecule has 0 saturated heterocycles. The number of hydrogen-bond donors (Lipinski definition) is 2. The van der Waals surface area contributed by atoms with E-state index in [4.69, 9.17) is 0 Å². The molecule has 4 nitrogen and oxygen atoms in total. The molecule has 3 aromatic rings. The highest BCUT2D eigenvalue weighted by molar-refractivity contribution is 14.0. The molecule has 0 saturated carbocycles. The van der Waals surface area contributed by atoms with E-state index in [1.54, 1.807) is 18.4 Å². The van der Waals surface area contributed by atoms with Gasteiger partial charge >= 0.3 is 0 Å². The minimum Gasteiger partial charge on any atom is -0.356 e. The largest absolute Gasteiger partial charge is 0.356 e. The van der Waals surface area contributed by atoms with Crippen LogP contribution in [0.5, 0.6) is 0 Å². The molecule has 0 unspecified atom stereocenters. The Labute approximate surface area is 175 Å². The summed E-state index contributed by atoms with van der Waals surface area (Å²) in [6.45, 7) is 1.50. The highest BCUT2D eigenvalue weighted by Crippen LogP contribution is 2.23. The Kier molecular flexibility index (Phi) is 8.57. The molecule has 136 valence electrons. The lowest BCUT2D eigenvalue weighted by atomic mass is 10.1. The SMILES string of the molecule is CN=C(NCCc1ccccc1)NCc1csc(-c2ccccc2)n1.I. The van der Waals surface area contributed by atoms with Crippen molar-refractivity contribution < 1.29 is 0 Å². The average molecular weight is 478 g/mol. The molecule has 0 atom stereocenters. The smallest absolute Gasteiger partial charge is 0.191 e. The first kappa shape index (κ1) is 20.4. The summed E-state index contributed by atoms with van der Waals surface area (Å²) in [6, 6.07) is 20.7. The second kappa shape index (κ2) is 10.9. The molecule has 3 rings (SSSR count). The molecule has 6 heteroatoms. The third kappa shape index (κ3) is 6.10. The summed E-state index contributed by atoms with van der Waals surface area (Å²) in [6.07, 6.45) is 0.969. The molecule has 26 heavy (non-hydrogen) atoms. The maximum Gasteiger partial charge on any atom is 0.191 e. The third-order valence-electron chi connectivity index (χ3n) is 3.78. The fourth-order valence-electron chi connectivity index (χ4n) is 2.47. The molecule has 2 N–H and O–H groups in total. The molecule has 0 radical (unpaired) electrons. The second-order valence-corrected chi connectivity index (χ2v) is 6.46. The van der Waals surface area contributed by atoms with Crippen LogP contribution < -0.4 is 10.6 Å². The lowest BCUT2D eigenvalue weighted by Gasteiger charge is -2.11. The van der Waals surface area contributed by atoms with E-state index in [0.717, 1.165) is 35.2 Å². The first-order valence-electron chi connectivity index (χ1n) is 8.33. The van der Waals surface area contributed by atoms with Crippen LogP contribution in [0, 0.1) is 0 Å². The van der Waals surface area contributed by atoms with Crippen molar-refractivity contribution in [3.05, 3.63) is 77.3 Å². The van der Waals surface area contributed by atoms with Crippen LogP contribution in [-0.2, 0) is 13.0 Å². The Morgan fingerprint density at radius 1 is 1.00 bits per heavy atom. The van der Waals surface area contributed by atoms with Gasteiger partial charge in [-0.15, -0.1) is 35.3 Å². The number of nitrogens with zero attached hydrogens (tertiary/aromatic N) is 2. The van der Waals surface area contributed by atoms with Gasteiger partial charge in [-0.1, -0.05) is 60.7 Å². The summed E-state index contributed by atoms with van der Waals surface area (Å²) in [7, 11) is 1.79. The van der Waals surface area contributed by atoms with E-state index in [-0.39, 0.29) is 24.0 Å². The number of rotatable bonds is 6. The topological polar surface area (TPSA) is 49.3 Å². The summed E-state index contributed by atoms with van der Waals surface area (Å²) in [5.74, 6) is 0.796. The fourth-order valence-corrected chi connectivity index (χ4v) is 3.29. The van der Waals surface area contributed by atoms with Crippen LogP contribution >= 0.6 is 35.3 Å². The van der Waals surface area contributed by atoms with Crippen molar-refractivity contribution in [2.45, 2.75) is 13.0 Å². The van der Waals surface area contributed by atoms with E-state index in [1.807, 2.05) is 24.3 Å². The number of hydrogen-bond acceptors (Lipinski definition) is 3. The maximum atomic E-state index is 4.69. The van der Waals surface area contributed by atoms with Gasteiger partial charge in [0.25, 0.3) is 0 Å². The minimum atomic E-state index is 0. The fraction of sp³-hybridized carbons (Fsp3) is 0.200. The summed E-state index contributed by atoms with van der Waals surface area (Å²) in [4.78, 5) is 8.96. The van der Waals surface area contributed by atoms with E-state index in [1.165, 1.54) is 5.56 Å². The Morgan fingerprint density at radius 2 is 1.69 bits per heavy atom. The van der Waals surface area contributed by atoms with Crippen LogP contribution in [0.3, 0.4) is 0 Å². The maximum absolute atomic E-state index is 4.69. The Hall–Kier alpha value is -1.93. The predicted octanol–water partition coefficient (Wildman–Crippen LogP) is 4.34. The van der Waals surface area contributed by atoms with Crippen LogP contribution in [-0.4, -0.2) is 24.5 Å². The quantitative estimate of drug-likeness (QED) is 0.315. The van der Waals surface area contributed by atoms with Gasteiger partial charge in [0.15, 0.2) is 5.96 Å². The van der Waals surface area contributed by atoms with E-state index >= 15 is 0 Å². The first-order valence-corrected chi connectivity index (χ1v) is 9.21. The van der Waals surface area contributed by atoms with Gasteiger partial charge in [-0.3, -0.25) is 4.99 Å². The van der Waals surface area contributed by atoms with Crippen molar-refractivity contribution in [2.75, 3.05) is 13.6 Å². The van der Waals surface area contributed by atoms with Crippen molar-refractivity contribution >= 4 is 41.3 Å². The lowest BCUT2D eigenvalue weighted by Crippen LogP contribution is -2.37. The number of thiazole rings is 1. The van der Waals surface area contributed by atoms with Crippen molar-refractivity contribution in [1.29, 1.82) is 0 Å². The number of aromatic nitrogens is 1. The molecule has 0 amide bonds. The van der Waals surface area contributed by atoms with Gasteiger partial charge in [-0.25, -0.2) is 4.98 Å². The van der Waals surface area contributed by atoms with E-state index in [2.05, 4.69) is 62.4 Å². The van der Waals surface area contributed by atoms with Crippen LogP contribution in [0.2, 0.25) is 0 Å². The van der Waals surface area contributed by atoms with E-state index in [9.17, 15) is 0 Å². The van der Waals surface area contributed by atoms with Crippen LogP contribution in [0.15, 0.2) is 71.0 Å². The molecular weight excluding hydrogens is 455 g/mol. The third-order valence-corrected chi connectivity index (χ3v) is 4.72. The van der Waals surface area contributed by atoms with Crippen LogP contribution in [0.1, 0.15) is 11.3 Å². The van der Waals surface area contributed by atoms with Crippen molar-refractivity contribution in [2.24, 2.45) is 4.99 Å². The summed E-state index contributed by atoms with van der Waals surface area (Å²) >= 11 is 1.67. The molecular formula is C20H23IN4S. The number of nitrogens with one attached hydrogen (secondary N) is 2. The minimum absolute atomic E-state index is 0. The lowest BCUT2D eigenvalue weighted by molar-refractivity contribution is 0.786. The molecule has 0 aliphatic rings. The molecule has 0 aliphatic heterocycles. The van der Waals surface area contributed by atoms with Gasteiger partial charge in [0.05, 0.1) is 12.2 Å². The number of guanidine groups is 1. The Morgan fingerprint density at radius 3 is 2.38 bits per heavy atom. The summed E-state index contributed by atoms with van der Waals surface area (Å²) in [5.41, 5.74) is 3.50. The molecule has 0 aliphatic carbocycles. The molecule has 1 heterocycles. The van der Waals surface area contributed by atoms with Crippen molar-refractivity contribution in [3.63, 3.8) is 0 Å². The zero-order valence-corrected chi connectivity index (χ0v) is 17.8. The molecule has 2 aromatic carbocycles. The van der Waals surface area contributed by atoms with E-state index < -0.39 is 0 Å². The Balaban J connectivity index is 0.00000243. The zero-order valence-electron chi connectivity index (χ0n) is 14.7. The van der Waals surface area contributed by atoms with Crippen molar-refractivity contribution in [3.8, 4) is 10.6 Å². The number of benzene rings is 2.